The number of hydrogen-bond acceptors (Lipinski definition) is 5. The van der Waals surface area contributed by atoms with E-state index in [9.17, 15) is 14.7 Å². The molecule has 3 aromatic carbocycles. The molecule has 1 amide bonds. The van der Waals surface area contributed by atoms with Gasteiger partial charge >= 0.3 is 0 Å². The first-order valence-corrected chi connectivity index (χ1v) is 10.6. The molecule has 3 aromatic rings. The van der Waals surface area contributed by atoms with E-state index in [1.54, 1.807) is 36.4 Å². The Bertz CT molecular complexity index is 1220. The summed E-state index contributed by atoms with van der Waals surface area (Å²) < 4.78 is 11.3. The summed E-state index contributed by atoms with van der Waals surface area (Å²) in [5, 5.41) is 11.2. The molecule has 1 aliphatic heterocycles. The number of anilines is 1. The van der Waals surface area contributed by atoms with Gasteiger partial charge in [-0.05, 0) is 42.0 Å². The molecule has 6 nitrogen and oxygen atoms in total. The number of carbonyl (C=O) groups is 2. The highest BCUT2D eigenvalue weighted by atomic mass is 79.9. The van der Waals surface area contributed by atoms with Gasteiger partial charge in [0.15, 0.2) is 11.5 Å². The van der Waals surface area contributed by atoms with Gasteiger partial charge in [-0.2, -0.15) is 0 Å². The molecule has 7 heteroatoms. The van der Waals surface area contributed by atoms with E-state index in [1.807, 2.05) is 36.4 Å². The molecule has 1 N–H and O–H groups in total. The third-order valence-corrected chi connectivity index (χ3v) is 5.80. The maximum Gasteiger partial charge on any atom is 0.300 e. The highest BCUT2D eigenvalue weighted by Crippen LogP contribution is 2.43. The molecule has 4 rings (SSSR count). The lowest BCUT2D eigenvalue weighted by atomic mass is 9.95. The van der Waals surface area contributed by atoms with Crippen LogP contribution in [0.4, 0.5) is 5.69 Å². The fraction of sp³-hybridized carbons (Fsp3) is 0.120. The lowest BCUT2D eigenvalue weighted by molar-refractivity contribution is -0.132. The van der Waals surface area contributed by atoms with E-state index in [2.05, 4.69) is 15.9 Å². The number of benzene rings is 3. The van der Waals surface area contributed by atoms with E-state index in [-0.39, 0.29) is 11.3 Å². The van der Waals surface area contributed by atoms with Crippen molar-refractivity contribution < 1.29 is 24.2 Å². The lowest BCUT2D eigenvalue weighted by Crippen LogP contribution is -2.29. The fourth-order valence-electron chi connectivity index (χ4n) is 3.81. The zero-order chi connectivity index (χ0) is 22.8. The summed E-state index contributed by atoms with van der Waals surface area (Å²) in [5.41, 5.74) is 1.60. The smallest absolute Gasteiger partial charge is 0.300 e. The fourth-order valence-corrected chi connectivity index (χ4v) is 4.20. The molecule has 32 heavy (non-hydrogen) atoms. The third kappa shape index (κ3) is 3.76. The van der Waals surface area contributed by atoms with Crippen LogP contribution in [0.25, 0.3) is 5.76 Å². The van der Waals surface area contributed by atoms with Crippen LogP contribution in [0.2, 0.25) is 0 Å². The molecule has 1 unspecified atom stereocenters. The largest absolute Gasteiger partial charge is 0.507 e. The van der Waals surface area contributed by atoms with E-state index >= 15 is 0 Å². The third-order valence-electron chi connectivity index (χ3n) is 5.30. The van der Waals surface area contributed by atoms with E-state index < -0.39 is 17.7 Å². The van der Waals surface area contributed by atoms with Crippen LogP contribution in [-0.2, 0) is 9.59 Å². The van der Waals surface area contributed by atoms with Crippen molar-refractivity contribution >= 4 is 39.1 Å². The van der Waals surface area contributed by atoms with Gasteiger partial charge in [0.05, 0.1) is 25.8 Å². The van der Waals surface area contributed by atoms with E-state index in [1.165, 1.54) is 19.1 Å². The normalized spacial score (nSPS) is 17.5. The molecule has 0 aromatic heterocycles. The first kappa shape index (κ1) is 21.6. The Labute approximate surface area is 193 Å². The van der Waals surface area contributed by atoms with E-state index in [0.29, 0.717) is 28.3 Å². The number of aliphatic hydroxyl groups is 1. The van der Waals surface area contributed by atoms with Crippen LogP contribution in [0.15, 0.2) is 82.8 Å². The molecule has 0 spiro atoms. The van der Waals surface area contributed by atoms with Crippen molar-refractivity contribution in [3.63, 3.8) is 0 Å². The van der Waals surface area contributed by atoms with Gasteiger partial charge in [0.2, 0.25) is 0 Å². The van der Waals surface area contributed by atoms with Crippen molar-refractivity contribution in [3.8, 4) is 11.5 Å². The first-order chi connectivity index (χ1) is 15.5. The van der Waals surface area contributed by atoms with Crippen LogP contribution in [-0.4, -0.2) is 31.0 Å². The maximum atomic E-state index is 13.2. The summed E-state index contributed by atoms with van der Waals surface area (Å²) in [6.07, 6.45) is 0. The standard InChI is InChI=1S/C25H20BrNO5/c1-31-19-12-11-16(13-20(19)32-2)23(28)21-22(15-7-4-3-5-8-15)27(25(30)24(21)29)18-10-6-9-17(26)14-18/h3-14,22,28H,1-2H3/b23-21+. The predicted octanol–water partition coefficient (Wildman–Crippen LogP) is 5.09. The molecule has 0 aliphatic carbocycles. The summed E-state index contributed by atoms with van der Waals surface area (Å²) in [7, 11) is 2.99. The molecule has 0 saturated carbocycles. The molecule has 1 heterocycles. The van der Waals surface area contributed by atoms with Crippen molar-refractivity contribution in [1.82, 2.24) is 0 Å². The minimum Gasteiger partial charge on any atom is -0.507 e. The minimum atomic E-state index is -0.793. The predicted molar refractivity (Wildman–Crippen MR) is 125 cm³/mol. The number of ether oxygens (including phenoxy) is 2. The number of ketones is 1. The van der Waals surface area contributed by atoms with Crippen molar-refractivity contribution in [3.05, 3.63) is 94.0 Å². The zero-order valence-corrected chi connectivity index (χ0v) is 19.0. The second-order valence-corrected chi connectivity index (χ2v) is 8.05. The van der Waals surface area contributed by atoms with Crippen LogP contribution in [0, 0.1) is 0 Å². The molecule has 1 atom stereocenters. The highest BCUT2D eigenvalue weighted by Gasteiger charge is 2.47. The second kappa shape index (κ2) is 8.88. The number of nitrogens with zero attached hydrogens (tertiary/aromatic N) is 1. The van der Waals surface area contributed by atoms with Crippen molar-refractivity contribution in [1.29, 1.82) is 0 Å². The topological polar surface area (TPSA) is 76.1 Å². The Hall–Kier alpha value is -3.58. The number of aliphatic hydroxyl groups excluding tert-OH is 1. The number of hydrogen-bond donors (Lipinski definition) is 1. The average molecular weight is 494 g/mol. The number of amides is 1. The summed E-state index contributed by atoms with van der Waals surface area (Å²) in [4.78, 5) is 27.7. The minimum absolute atomic E-state index is 0.00777. The number of Topliss-reactive ketones (excluding diaryl/α,β-unsaturated/α-hetero) is 1. The number of carbonyl (C=O) groups excluding carboxylic acids is 2. The summed E-state index contributed by atoms with van der Waals surface area (Å²) in [5.74, 6) is -0.868. The average Bonchev–Trinajstić information content (AvgIpc) is 3.09. The molecule has 1 aliphatic rings. The summed E-state index contributed by atoms with van der Waals surface area (Å²) in [6, 6.07) is 20.3. The number of methoxy groups -OCH3 is 2. The van der Waals surface area contributed by atoms with Gasteiger partial charge in [0.25, 0.3) is 11.7 Å². The number of halogens is 1. The quantitative estimate of drug-likeness (QED) is 0.304. The first-order valence-electron chi connectivity index (χ1n) is 9.80. The Morgan fingerprint density at radius 3 is 2.28 bits per heavy atom. The van der Waals surface area contributed by atoms with Crippen molar-refractivity contribution in [2.24, 2.45) is 0 Å². The zero-order valence-electron chi connectivity index (χ0n) is 17.4. The van der Waals surface area contributed by atoms with Gasteiger partial charge in [-0.3, -0.25) is 14.5 Å². The van der Waals surface area contributed by atoms with Crippen LogP contribution < -0.4 is 14.4 Å². The molecular weight excluding hydrogens is 474 g/mol. The monoisotopic (exact) mass is 493 g/mol. The van der Waals surface area contributed by atoms with Crippen LogP contribution in [0.1, 0.15) is 17.2 Å². The summed E-state index contributed by atoms with van der Waals surface area (Å²) >= 11 is 3.42. The van der Waals surface area contributed by atoms with Gasteiger partial charge in [0, 0.05) is 15.7 Å². The van der Waals surface area contributed by atoms with Gasteiger partial charge in [-0.1, -0.05) is 52.3 Å². The van der Waals surface area contributed by atoms with Crippen molar-refractivity contribution in [2.75, 3.05) is 19.1 Å². The molecule has 1 saturated heterocycles. The molecular formula is C25H20BrNO5. The maximum absolute atomic E-state index is 13.2. The highest BCUT2D eigenvalue weighted by molar-refractivity contribution is 9.10. The molecule has 162 valence electrons. The number of rotatable bonds is 5. The SMILES string of the molecule is COc1ccc(/C(O)=C2\C(=O)C(=O)N(c3cccc(Br)c3)C2c2ccccc2)cc1OC. The lowest BCUT2D eigenvalue weighted by Gasteiger charge is -2.25. The molecule has 1 fully saturated rings. The Kier molecular flexibility index (Phi) is 6.01. The Balaban J connectivity index is 1.93. The Morgan fingerprint density at radius 2 is 1.62 bits per heavy atom. The van der Waals surface area contributed by atoms with Gasteiger partial charge in [-0.25, -0.2) is 0 Å². The van der Waals surface area contributed by atoms with Gasteiger partial charge in [0.1, 0.15) is 5.76 Å². The summed E-state index contributed by atoms with van der Waals surface area (Å²) in [6.45, 7) is 0. The van der Waals surface area contributed by atoms with E-state index in [4.69, 9.17) is 9.47 Å². The van der Waals surface area contributed by atoms with Gasteiger partial charge < -0.3 is 14.6 Å². The van der Waals surface area contributed by atoms with E-state index in [0.717, 1.165) is 4.47 Å². The van der Waals surface area contributed by atoms with Crippen LogP contribution in [0.5, 0.6) is 11.5 Å². The second-order valence-electron chi connectivity index (χ2n) is 7.13. The van der Waals surface area contributed by atoms with Crippen LogP contribution in [0.3, 0.4) is 0 Å². The van der Waals surface area contributed by atoms with Gasteiger partial charge in [-0.15, -0.1) is 0 Å². The molecule has 0 bridgehead atoms. The molecule has 0 radical (unpaired) electrons. The van der Waals surface area contributed by atoms with Crippen molar-refractivity contribution in [2.45, 2.75) is 6.04 Å². The Morgan fingerprint density at radius 1 is 0.906 bits per heavy atom. The van der Waals surface area contributed by atoms with Crippen LogP contribution >= 0.6 is 15.9 Å².